The standard InChI is InChI=1S/C11H10O3/c12-8-13-6-5-9-7-14-11-4-2-1-3-10(9)11/h1-4,7-8H,5-6H2. The van der Waals surface area contributed by atoms with Crippen LogP contribution in [0.2, 0.25) is 0 Å². The minimum Gasteiger partial charge on any atom is -0.468 e. The lowest BCUT2D eigenvalue weighted by Gasteiger charge is -1.96. The second-order valence-corrected chi connectivity index (χ2v) is 2.97. The molecule has 14 heavy (non-hydrogen) atoms. The molecule has 3 heteroatoms. The molecule has 0 spiro atoms. The molecule has 0 radical (unpaired) electrons. The monoisotopic (exact) mass is 190 g/mol. The molecule has 0 unspecified atom stereocenters. The summed E-state index contributed by atoms with van der Waals surface area (Å²) in [5.74, 6) is 0. The Morgan fingerprint density at radius 1 is 1.36 bits per heavy atom. The van der Waals surface area contributed by atoms with Crippen molar-refractivity contribution < 1.29 is 13.9 Å². The van der Waals surface area contributed by atoms with Crippen LogP contribution in [0.25, 0.3) is 11.0 Å². The molecule has 0 bridgehead atoms. The SMILES string of the molecule is O=COCCc1coc2ccccc12. The Balaban J connectivity index is 2.20. The highest BCUT2D eigenvalue weighted by Gasteiger charge is 2.03. The van der Waals surface area contributed by atoms with Crippen LogP contribution in [0.4, 0.5) is 0 Å². The number of furan rings is 1. The number of fused-ring (bicyclic) bond motifs is 1. The van der Waals surface area contributed by atoms with Crippen LogP contribution in [0.1, 0.15) is 5.56 Å². The van der Waals surface area contributed by atoms with Gasteiger partial charge in [-0.1, -0.05) is 18.2 Å². The highest BCUT2D eigenvalue weighted by atomic mass is 16.5. The van der Waals surface area contributed by atoms with Crippen molar-refractivity contribution in [2.45, 2.75) is 6.42 Å². The Bertz CT molecular complexity index is 431. The van der Waals surface area contributed by atoms with Gasteiger partial charge in [0.25, 0.3) is 6.47 Å². The van der Waals surface area contributed by atoms with Crippen LogP contribution in [-0.2, 0) is 16.0 Å². The van der Waals surface area contributed by atoms with Gasteiger partial charge in [-0.2, -0.15) is 0 Å². The van der Waals surface area contributed by atoms with Gasteiger partial charge in [0.05, 0.1) is 12.9 Å². The minimum absolute atomic E-state index is 0.396. The van der Waals surface area contributed by atoms with Gasteiger partial charge in [0, 0.05) is 17.4 Å². The summed E-state index contributed by atoms with van der Waals surface area (Å²) in [5, 5.41) is 1.09. The molecule has 0 fully saturated rings. The second kappa shape index (κ2) is 3.96. The molecule has 0 amide bonds. The topological polar surface area (TPSA) is 39.4 Å². The first-order chi connectivity index (χ1) is 6.92. The molecular weight excluding hydrogens is 180 g/mol. The Morgan fingerprint density at radius 2 is 2.21 bits per heavy atom. The van der Waals surface area contributed by atoms with E-state index in [1.165, 1.54) is 0 Å². The zero-order valence-electron chi connectivity index (χ0n) is 7.60. The van der Waals surface area contributed by atoms with E-state index in [-0.39, 0.29) is 0 Å². The summed E-state index contributed by atoms with van der Waals surface area (Å²) in [6, 6.07) is 7.80. The van der Waals surface area contributed by atoms with Crippen LogP contribution in [-0.4, -0.2) is 13.1 Å². The smallest absolute Gasteiger partial charge is 0.293 e. The summed E-state index contributed by atoms with van der Waals surface area (Å²) >= 11 is 0. The van der Waals surface area contributed by atoms with Crippen molar-refractivity contribution in [3.05, 3.63) is 36.1 Å². The lowest BCUT2D eigenvalue weighted by molar-refractivity contribution is -0.128. The zero-order chi connectivity index (χ0) is 9.80. The van der Waals surface area contributed by atoms with Crippen molar-refractivity contribution in [2.75, 3.05) is 6.61 Å². The lowest BCUT2D eigenvalue weighted by Crippen LogP contribution is -1.95. The molecule has 0 aliphatic carbocycles. The molecule has 2 aromatic rings. The van der Waals surface area contributed by atoms with Gasteiger partial charge >= 0.3 is 0 Å². The summed E-state index contributed by atoms with van der Waals surface area (Å²) in [5.41, 5.74) is 1.94. The van der Waals surface area contributed by atoms with Gasteiger partial charge in [-0.05, 0) is 6.07 Å². The molecule has 2 rings (SSSR count). The van der Waals surface area contributed by atoms with Gasteiger partial charge in [0.1, 0.15) is 5.58 Å². The van der Waals surface area contributed by atoms with Gasteiger partial charge in [-0.3, -0.25) is 4.79 Å². The summed E-state index contributed by atoms with van der Waals surface area (Å²) in [6.45, 7) is 0.856. The van der Waals surface area contributed by atoms with E-state index in [1.807, 2.05) is 24.3 Å². The van der Waals surface area contributed by atoms with Gasteiger partial charge in [-0.15, -0.1) is 0 Å². The van der Waals surface area contributed by atoms with Crippen molar-refractivity contribution in [3.63, 3.8) is 0 Å². The molecule has 1 aromatic heterocycles. The largest absolute Gasteiger partial charge is 0.468 e. The Kier molecular flexibility index (Phi) is 2.49. The van der Waals surface area contributed by atoms with Crippen molar-refractivity contribution in [1.29, 1.82) is 0 Å². The van der Waals surface area contributed by atoms with E-state index < -0.39 is 0 Å². The van der Waals surface area contributed by atoms with E-state index in [0.29, 0.717) is 19.5 Å². The highest BCUT2D eigenvalue weighted by Crippen LogP contribution is 2.20. The summed E-state index contributed by atoms with van der Waals surface area (Å²) in [6.07, 6.45) is 2.40. The molecule has 1 heterocycles. The Morgan fingerprint density at radius 3 is 3.07 bits per heavy atom. The number of hydrogen-bond acceptors (Lipinski definition) is 3. The summed E-state index contributed by atoms with van der Waals surface area (Å²) in [7, 11) is 0. The van der Waals surface area contributed by atoms with Gasteiger partial charge in [-0.25, -0.2) is 0 Å². The quantitative estimate of drug-likeness (QED) is 0.547. The van der Waals surface area contributed by atoms with Crippen LogP contribution < -0.4 is 0 Å². The third-order valence-electron chi connectivity index (χ3n) is 2.12. The van der Waals surface area contributed by atoms with Crippen LogP contribution in [0.3, 0.4) is 0 Å². The first-order valence-corrected chi connectivity index (χ1v) is 4.42. The normalized spacial score (nSPS) is 10.3. The zero-order valence-corrected chi connectivity index (χ0v) is 7.60. The number of rotatable bonds is 4. The average molecular weight is 190 g/mol. The predicted molar refractivity (Wildman–Crippen MR) is 51.9 cm³/mol. The fourth-order valence-electron chi connectivity index (χ4n) is 1.44. The number of para-hydroxylation sites is 1. The first kappa shape index (κ1) is 8.81. The molecule has 3 nitrogen and oxygen atoms in total. The van der Waals surface area contributed by atoms with Crippen molar-refractivity contribution in [1.82, 2.24) is 0 Å². The van der Waals surface area contributed by atoms with E-state index in [4.69, 9.17) is 4.42 Å². The maximum atomic E-state index is 9.95. The van der Waals surface area contributed by atoms with E-state index in [1.54, 1.807) is 6.26 Å². The number of carbonyl (C=O) groups excluding carboxylic acids is 1. The predicted octanol–water partition coefficient (Wildman–Crippen LogP) is 2.15. The summed E-state index contributed by atoms with van der Waals surface area (Å²) < 4.78 is 9.97. The molecule has 0 saturated heterocycles. The number of hydrogen-bond donors (Lipinski definition) is 0. The first-order valence-electron chi connectivity index (χ1n) is 4.42. The average Bonchev–Trinajstić information content (AvgIpc) is 2.63. The molecule has 1 aromatic carbocycles. The van der Waals surface area contributed by atoms with Gasteiger partial charge in [0.15, 0.2) is 0 Å². The number of benzene rings is 1. The van der Waals surface area contributed by atoms with Crippen LogP contribution in [0.15, 0.2) is 34.9 Å². The van der Waals surface area contributed by atoms with Crippen molar-refractivity contribution in [2.24, 2.45) is 0 Å². The lowest BCUT2D eigenvalue weighted by atomic mass is 10.1. The van der Waals surface area contributed by atoms with Crippen LogP contribution in [0, 0.1) is 0 Å². The maximum Gasteiger partial charge on any atom is 0.293 e. The molecule has 0 N–H and O–H groups in total. The number of carbonyl (C=O) groups is 1. The highest BCUT2D eigenvalue weighted by molar-refractivity contribution is 5.80. The maximum absolute atomic E-state index is 9.95. The Hall–Kier alpha value is -1.77. The van der Waals surface area contributed by atoms with E-state index in [9.17, 15) is 4.79 Å². The van der Waals surface area contributed by atoms with E-state index in [0.717, 1.165) is 16.5 Å². The van der Waals surface area contributed by atoms with Crippen LogP contribution >= 0.6 is 0 Å². The van der Waals surface area contributed by atoms with Gasteiger partial charge in [0.2, 0.25) is 0 Å². The molecule has 0 atom stereocenters. The third-order valence-corrected chi connectivity index (χ3v) is 2.12. The molecular formula is C11H10O3. The molecule has 0 aliphatic rings. The van der Waals surface area contributed by atoms with Gasteiger partial charge < -0.3 is 9.15 Å². The molecule has 0 saturated carbocycles. The van der Waals surface area contributed by atoms with Crippen molar-refractivity contribution >= 4 is 17.4 Å². The third kappa shape index (κ3) is 1.62. The Labute approximate surface area is 81.3 Å². The second-order valence-electron chi connectivity index (χ2n) is 2.97. The molecule has 72 valence electrons. The van der Waals surface area contributed by atoms with Crippen LogP contribution in [0.5, 0.6) is 0 Å². The molecule has 0 aliphatic heterocycles. The van der Waals surface area contributed by atoms with E-state index >= 15 is 0 Å². The fourth-order valence-corrected chi connectivity index (χ4v) is 1.44. The minimum atomic E-state index is 0.396. The van der Waals surface area contributed by atoms with E-state index in [2.05, 4.69) is 4.74 Å². The fraction of sp³-hybridized carbons (Fsp3) is 0.182. The summed E-state index contributed by atoms with van der Waals surface area (Å²) in [4.78, 5) is 9.95. The van der Waals surface area contributed by atoms with Crippen molar-refractivity contribution in [3.8, 4) is 0 Å². The number of ether oxygens (including phenoxy) is 1.